The second-order valence-electron chi connectivity index (χ2n) is 5.06. The van der Waals surface area contributed by atoms with Gasteiger partial charge in [-0.1, -0.05) is 0 Å². The zero-order valence-corrected chi connectivity index (χ0v) is 13.0. The molecule has 8 heteroatoms. The first kappa shape index (κ1) is 18.9. The van der Waals surface area contributed by atoms with Crippen LogP contribution in [0.4, 0.5) is 0 Å². The van der Waals surface area contributed by atoms with Gasteiger partial charge in [0.2, 0.25) is 0 Å². The summed E-state index contributed by atoms with van der Waals surface area (Å²) in [4.78, 5) is 34.8. The number of carbonyl (C=O) groups is 3. The number of aliphatic hydroxyl groups excluding tert-OH is 2. The van der Waals surface area contributed by atoms with Gasteiger partial charge in [-0.3, -0.25) is 0 Å². The molecule has 128 valence electrons. The molecular formula is C15H20O8. The zero-order chi connectivity index (χ0) is 17.6. The third-order valence-electron chi connectivity index (χ3n) is 3.05. The Bertz CT molecular complexity index is 510. The number of cyclic esters (lactones) is 3. The molecule has 0 spiro atoms. The Labute approximate surface area is 133 Å². The third-order valence-corrected chi connectivity index (χ3v) is 3.05. The maximum atomic E-state index is 11.7. The monoisotopic (exact) mass is 328 g/mol. The first-order valence-corrected chi connectivity index (χ1v) is 7.05. The number of hydrogen-bond donors (Lipinski definition) is 2. The highest BCUT2D eigenvalue weighted by molar-refractivity contribution is 5.85. The van der Waals surface area contributed by atoms with Crippen molar-refractivity contribution in [2.45, 2.75) is 51.3 Å². The van der Waals surface area contributed by atoms with E-state index in [1.165, 1.54) is 20.8 Å². The minimum absolute atomic E-state index is 0.798. The summed E-state index contributed by atoms with van der Waals surface area (Å²) in [6, 6.07) is 0. The van der Waals surface area contributed by atoms with Crippen LogP contribution < -0.4 is 0 Å². The minimum Gasteiger partial charge on any atom is -0.457 e. The summed E-state index contributed by atoms with van der Waals surface area (Å²) in [7, 11) is 0. The molecule has 0 aromatic carbocycles. The second-order valence-corrected chi connectivity index (χ2v) is 5.06. The highest BCUT2D eigenvalue weighted by atomic mass is 16.6. The molecule has 23 heavy (non-hydrogen) atoms. The molecule has 0 fully saturated rings. The summed E-state index contributed by atoms with van der Waals surface area (Å²) in [6.07, 6.45) is -1.50. The van der Waals surface area contributed by atoms with Crippen molar-refractivity contribution in [3.8, 4) is 0 Å². The average Bonchev–Trinajstić information content (AvgIpc) is 2.48. The van der Waals surface area contributed by atoms with E-state index in [9.17, 15) is 24.6 Å². The lowest BCUT2D eigenvalue weighted by Gasteiger charge is -2.19. The third kappa shape index (κ3) is 6.21. The van der Waals surface area contributed by atoms with E-state index in [1.54, 1.807) is 0 Å². The van der Waals surface area contributed by atoms with Crippen molar-refractivity contribution in [3.05, 3.63) is 24.3 Å². The minimum atomic E-state index is -1.25. The molecular weight excluding hydrogens is 308 g/mol. The molecule has 2 N–H and O–H groups in total. The molecule has 0 radical (unpaired) electrons. The van der Waals surface area contributed by atoms with E-state index in [1.807, 2.05) is 0 Å². The smallest absolute Gasteiger partial charge is 0.347 e. The van der Waals surface area contributed by atoms with Crippen LogP contribution in [0.3, 0.4) is 0 Å². The number of aliphatic hydroxyl groups is 2. The van der Waals surface area contributed by atoms with Crippen LogP contribution >= 0.6 is 0 Å². The molecule has 0 bridgehead atoms. The van der Waals surface area contributed by atoms with Crippen LogP contribution in [0.5, 0.6) is 0 Å². The molecule has 0 aliphatic carbocycles. The van der Waals surface area contributed by atoms with Crippen molar-refractivity contribution in [2.75, 3.05) is 0 Å². The van der Waals surface area contributed by atoms with Crippen molar-refractivity contribution >= 4 is 17.9 Å². The maximum Gasteiger partial charge on any atom is 0.347 e. The van der Waals surface area contributed by atoms with Crippen molar-refractivity contribution < 1.29 is 38.8 Å². The highest BCUT2D eigenvalue weighted by Crippen LogP contribution is 2.08. The molecule has 0 aromatic rings. The average molecular weight is 328 g/mol. The molecule has 8 nitrogen and oxygen atoms in total. The first-order chi connectivity index (χ1) is 10.7. The molecule has 1 unspecified atom stereocenters. The van der Waals surface area contributed by atoms with E-state index in [2.05, 4.69) is 0 Å². The predicted molar refractivity (Wildman–Crippen MR) is 77.0 cm³/mol. The number of rotatable bonds is 0. The Hall–Kier alpha value is -2.19. The van der Waals surface area contributed by atoms with Crippen molar-refractivity contribution in [1.29, 1.82) is 0 Å². The number of esters is 3. The summed E-state index contributed by atoms with van der Waals surface area (Å²) in [5, 5.41) is 19.5. The van der Waals surface area contributed by atoms with Gasteiger partial charge in [0.1, 0.15) is 24.4 Å². The van der Waals surface area contributed by atoms with Gasteiger partial charge in [0.25, 0.3) is 0 Å². The predicted octanol–water partition coefficient (Wildman–Crippen LogP) is -0.371. The van der Waals surface area contributed by atoms with Gasteiger partial charge in [-0.2, -0.15) is 0 Å². The Balaban J connectivity index is 2.96. The summed E-state index contributed by atoms with van der Waals surface area (Å²) in [5.74, 6) is -2.51. The Morgan fingerprint density at radius 1 is 0.783 bits per heavy atom. The maximum absolute atomic E-state index is 11.7. The van der Waals surface area contributed by atoms with Crippen molar-refractivity contribution in [3.63, 3.8) is 0 Å². The van der Waals surface area contributed by atoms with Crippen molar-refractivity contribution in [1.82, 2.24) is 0 Å². The molecule has 0 saturated carbocycles. The van der Waals surface area contributed by atoms with Crippen molar-refractivity contribution in [2.24, 2.45) is 0 Å². The molecule has 0 aromatic heterocycles. The molecule has 1 heterocycles. The summed E-state index contributed by atoms with van der Waals surface area (Å²) >= 11 is 0. The lowest BCUT2D eigenvalue weighted by molar-refractivity contribution is -0.170. The van der Waals surface area contributed by atoms with Crippen LogP contribution in [-0.4, -0.2) is 58.6 Å². The molecule has 1 aliphatic heterocycles. The topological polar surface area (TPSA) is 119 Å². The Kier molecular flexibility index (Phi) is 6.92. The number of hydrogen-bond acceptors (Lipinski definition) is 8. The summed E-state index contributed by atoms with van der Waals surface area (Å²) in [5.41, 5.74) is 0. The Morgan fingerprint density at radius 3 is 1.74 bits per heavy atom. The summed E-state index contributed by atoms with van der Waals surface area (Å²) < 4.78 is 14.6. The van der Waals surface area contributed by atoms with E-state index in [0.717, 1.165) is 24.3 Å². The SMILES string of the molecule is CC1OC(=O)/C=C/[C@@H](O)[C@H](C)OC(=O)[C@H](C)OC(=O)/C=C/[C@H]1O. The molecule has 1 aliphatic rings. The summed E-state index contributed by atoms with van der Waals surface area (Å²) in [6.45, 7) is 4.16. The standard InChI is InChI=1S/C15H20O8/c1-8-11(16)4-7-14(19)22-10(3)15(20)23-9(2)12(17)5-6-13(18)21-8/h4-12,16-17H,1-3H3/b6-5+,7-4+/t8?,9-,10-,11+,12+/m0/s1. The van der Waals surface area contributed by atoms with Crippen LogP contribution in [0.1, 0.15) is 20.8 Å². The van der Waals surface area contributed by atoms with E-state index >= 15 is 0 Å². The highest BCUT2D eigenvalue weighted by Gasteiger charge is 2.24. The van der Waals surface area contributed by atoms with Gasteiger partial charge in [0.05, 0.1) is 0 Å². The Morgan fingerprint density at radius 2 is 1.22 bits per heavy atom. The van der Waals surface area contributed by atoms with Gasteiger partial charge in [-0.05, 0) is 32.9 Å². The second kappa shape index (κ2) is 8.44. The van der Waals surface area contributed by atoms with E-state index < -0.39 is 48.4 Å². The first-order valence-electron chi connectivity index (χ1n) is 7.05. The van der Waals surface area contributed by atoms with Crippen LogP contribution in [-0.2, 0) is 28.6 Å². The molecule has 5 atom stereocenters. The lowest BCUT2D eigenvalue weighted by Crippen LogP contribution is -2.33. The lowest BCUT2D eigenvalue weighted by atomic mass is 10.2. The van der Waals surface area contributed by atoms with E-state index in [0.29, 0.717) is 0 Å². The molecule has 0 amide bonds. The van der Waals surface area contributed by atoms with Crippen LogP contribution in [0.25, 0.3) is 0 Å². The molecule has 0 saturated heterocycles. The van der Waals surface area contributed by atoms with Gasteiger partial charge < -0.3 is 24.4 Å². The quantitative estimate of drug-likeness (QED) is 0.456. The van der Waals surface area contributed by atoms with Crippen LogP contribution in [0.2, 0.25) is 0 Å². The van der Waals surface area contributed by atoms with Crippen LogP contribution in [0, 0.1) is 0 Å². The number of ether oxygens (including phenoxy) is 3. The van der Waals surface area contributed by atoms with E-state index in [4.69, 9.17) is 14.2 Å². The van der Waals surface area contributed by atoms with Gasteiger partial charge in [-0.15, -0.1) is 0 Å². The van der Waals surface area contributed by atoms with Gasteiger partial charge >= 0.3 is 17.9 Å². The fourth-order valence-electron chi connectivity index (χ4n) is 1.57. The fourth-order valence-corrected chi connectivity index (χ4v) is 1.57. The van der Waals surface area contributed by atoms with Gasteiger partial charge in [0.15, 0.2) is 6.10 Å². The molecule has 1 rings (SSSR count). The fraction of sp³-hybridized carbons (Fsp3) is 0.533. The zero-order valence-electron chi connectivity index (χ0n) is 13.0. The normalized spacial score (nSPS) is 36.7. The largest absolute Gasteiger partial charge is 0.457 e. The van der Waals surface area contributed by atoms with Gasteiger partial charge in [-0.25, -0.2) is 14.4 Å². The van der Waals surface area contributed by atoms with Crippen LogP contribution in [0.15, 0.2) is 24.3 Å². The number of carbonyl (C=O) groups excluding carboxylic acids is 3. The van der Waals surface area contributed by atoms with Gasteiger partial charge in [0, 0.05) is 12.2 Å². The van der Waals surface area contributed by atoms with E-state index in [-0.39, 0.29) is 0 Å².